The van der Waals surface area contributed by atoms with Gasteiger partial charge in [0.2, 0.25) is 0 Å². The van der Waals surface area contributed by atoms with E-state index in [1.807, 2.05) is 4.90 Å². The Balaban J connectivity index is 0.00000380. The number of fused-ring (bicyclic) bond motifs is 1. The van der Waals surface area contributed by atoms with Crippen molar-refractivity contribution in [1.29, 1.82) is 0 Å². The summed E-state index contributed by atoms with van der Waals surface area (Å²) < 4.78 is 71.4. The molecule has 0 spiro atoms. The van der Waals surface area contributed by atoms with Crippen molar-refractivity contribution in [1.82, 2.24) is 4.90 Å². The zero-order chi connectivity index (χ0) is 25.9. The van der Waals surface area contributed by atoms with Gasteiger partial charge in [-0.05, 0) is 55.7 Å². The maximum atomic E-state index is 14.9. The summed E-state index contributed by atoms with van der Waals surface area (Å²) in [5.74, 6) is -1.64. The Bertz CT molecular complexity index is 1150. The van der Waals surface area contributed by atoms with E-state index in [9.17, 15) is 27.5 Å². The standard InChI is InChI=1S/C26H27F4NO5.ClH/c1-2-34-23-6-5-16(9-21(23)26(28,29)30)14-35-19-10-22(27)20-8-17(15-36-24(20)11-19)12-31-7-3-4-18(13-31)25(32)33;/h5-6,8-11,18H,2-4,7,12-15H2,1H3,(H,32,33);1H/t18-;/m0./s1. The molecule has 0 bridgehead atoms. The first kappa shape index (κ1) is 28.6. The molecule has 1 atom stereocenters. The molecule has 202 valence electrons. The maximum Gasteiger partial charge on any atom is 0.419 e. The minimum atomic E-state index is -4.58. The molecule has 37 heavy (non-hydrogen) atoms. The Hall–Kier alpha value is -2.98. The van der Waals surface area contributed by atoms with Crippen LogP contribution in [0.4, 0.5) is 17.6 Å². The molecular formula is C26H28ClF4NO5. The maximum absolute atomic E-state index is 14.9. The number of halogens is 5. The van der Waals surface area contributed by atoms with Crippen molar-refractivity contribution >= 4 is 24.5 Å². The third kappa shape index (κ3) is 7.07. The largest absolute Gasteiger partial charge is 0.493 e. The van der Waals surface area contributed by atoms with Gasteiger partial charge in [0.1, 0.15) is 36.3 Å². The van der Waals surface area contributed by atoms with Crippen LogP contribution in [0.5, 0.6) is 17.2 Å². The molecule has 6 nitrogen and oxygen atoms in total. The van der Waals surface area contributed by atoms with Crippen molar-refractivity contribution in [2.45, 2.75) is 32.5 Å². The molecule has 0 aromatic heterocycles. The normalized spacial score (nSPS) is 17.6. The number of aliphatic carboxylic acids is 1. The van der Waals surface area contributed by atoms with Gasteiger partial charge in [-0.2, -0.15) is 13.2 Å². The molecule has 0 amide bonds. The molecule has 0 aliphatic carbocycles. The van der Waals surface area contributed by atoms with E-state index < -0.39 is 29.4 Å². The van der Waals surface area contributed by atoms with Crippen molar-refractivity contribution in [2.75, 3.05) is 32.8 Å². The highest BCUT2D eigenvalue weighted by Crippen LogP contribution is 2.38. The highest BCUT2D eigenvalue weighted by Gasteiger charge is 2.34. The highest BCUT2D eigenvalue weighted by molar-refractivity contribution is 5.85. The molecule has 2 heterocycles. The van der Waals surface area contributed by atoms with Crippen LogP contribution in [0.25, 0.3) is 6.08 Å². The second kappa shape index (κ2) is 12.0. The number of hydrogen-bond acceptors (Lipinski definition) is 5. The van der Waals surface area contributed by atoms with Gasteiger partial charge in [0.25, 0.3) is 0 Å². The van der Waals surface area contributed by atoms with E-state index in [2.05, 4.69) is 0 Å². The van der Waals surface area contributed by atoms with Gasteiger partial charge in [-0.25, -0.2) is 4.39 Å². The fourth-order valence-electron chi connectivity index (χ4n) is 4.44. The minimum absolute atomic E-state index is 0. The summed E-state index contributed by atoms with van der Waals surface area (Å²) in [5, 5.41) is 9.27. The van der Waals surface area contributed by atoms with Crippen LogP contribution in [0, 0.1) is 11.7 Å². The SMILES string of the molecule is CCOc1ccc(COc2cc(F)c3c(c2)OCC(CN2CCC[C@H](C(=O)O)C2)=C3)cc1C(F)(F)F.Cl. The first-order chi connectivity index (χ1) is 17.1. The Morgan fingerprint density at radius 2 is 2.00 bits per heavy atom. The molecule has 2 aliphatic heterocycles. The lowest BCUT2D eigenvalue weighted by Crippen LogP contribution is -2.40. The summed E-state index contributed by atoms with van der Waals surface area (Å²) in [6.45, 7) is 3.42. The van der Waals surface area contributed by atoms with E-state index in [0.717, 1.165) is 24.6 Å². The number of carbonyl (C=O) groups is 1. The van der Waals surface area contributed by atoms with Crippen LogP contribution in [0.15, 0.2) is 35.9 Å². The lowest BCUT2D eigenvalue weighted by atomic mass is 9.97. The topological polar surface area (TPSA) is 68.2 Å². The second-order valence-corrected chi connectivity index (χ2v) is 8.87. The number of carboxylic acids is 1. The van der Waals surface area contributed by atoms with Gasteiger partial charge in [-0.3, -0.25) is 9.69 Å². The molecule has 2 aromatic carbocycles. The fourth-order valence-corrected chi connectivity index (χ4v) is 4.44. The summed E-state index contributed by atoms with van der Waals surface area (Å²) in [4.78, 5) is 13.3. The van der Waals surface area contributed by atoms with E-state index in [4.69, 9.17) is 14.2 Å². The number of hydrogen-bond donors (Lipinski definition) is 1. The summed E-state index contributed by atoms with van der Waals surface area (Å²) in [6.07, 6.45) is -1.45. The predicted octanol–water partition coefficient (Wildman–Crippen LogP) is 5.82. The van der Waals surface area contributed by atoms with Crippen LogP contribution >= 0.6 is 12.4 Å². The lowest BCUT2D eigenvalue weighted by molar-refractivity contribution is -0.143. The molecule has 11 heteroatoms. The predicted molar refractivity (Wildman–Crippen MR) is 131 cm³/mol. The summed E-state index contributed by atoms with van der Waals surface area (Å²) in [5.41, 5.74) is 0.450. The Morgan fingerprint density at radius 1 is 1.22 bits per heavy atom. The molecule has 1 saturated heterocycles. The number of benzene rings is 2. The van der Waals surface area contributed by atoms with Gasteiger partial charge in [0, 0.05) is 25.2 Å². The van der Waals surface area contributed by atoms with Crippen LogP contribution in [-0.2, 0) is 17.6 Å². The molecule has 0 unspecified atom stereocenters. The molecule has 1 fully saturated rings. The minimum Gasteiger partial charge on any atom is -0.493 e. The number of nitrogens with zero attached hydrogens (tertiary/aromatic N) is 1. The van der Waals surface area contributed by atoms with Gasteiger partial charge >= 0.3 is 12.1 Å². The molecule has 2 aliphatic rings. The van der Waals surface area contributed by atoms with E-state index in [1.54, 1.807) is 13.0 Å². The van der Waals surface area contributed by atoms with Crippen molar-refractivity contribution in [3.05, 3.63) is 58.4 Å². The third-order valence-corrected chi connectivity index (χ3v) is 6.16. The summed E-state index contributed by atoms with van der Waals surface area (Å²) in [6, 6.07) is 6.35. The molecule has 0 saturated carbocycles. The van der Waals surface area contributed by atoms with Gasteiger partial charge < -0.3 is 19.3 Å². The Kier molecular flexibility index (Phi) is 9.31. The van der Waals surface area contributed by atoms with Crippen LogP contribution in [0.1, 0.15) is 36.5 Å². The molecular weight excluding hydrogens is 518 g/mol. The number of alkyl halides is 3. The number of carboxylic acid groups (broad SMARTS) is 1. The number of piperidine rings is 1. The highest BCUT2D eigenvalue weighted by atomic mass is 35.5. The van der Waals surface area contributed by atoms with Crippen LogP contribution in [-0.4, -0.2) is 48.8 Å². The van der Waals surface area contributed by atoms with Crippen LogP contribution in [0.3, 0.4) is 0 Å². The summed E-state index contributed by atoms with van der Waals surface area (Å²) in [7, 11) is 0. The smallest absolute Gasteiger partial charge is 0.419 e. The van der Waals surface area contributed by atoms with Crippen molar-refractivity contribution in [3.8, 4) is 17.2 Å². The monoisotopic (exact) mass is 545 g/mol. The van der Waals surface area contributed by atoms with Crippen LogP contribution in [0.2, 0.25) is 0 Å². The van der Waals surface area contributed by atoms with E-state index in [-0.39, 0.29) is 60.6 Å². The van der Waals surface area contributed by atoms with E-state index in [0.29, 0.717) is 19.5 Å². The second-order valence-electron chi connectivity index (χ2n) is 8.87. The van der Waals surface area contributed by atoms with Gasteiger partial charge in [0.15, 0.2) is 0 Å². The van der Waals surface area contributed by atoms with E-state index >= 15 is 0 Å². The Labute approximate surface area is 218 Å². The van der Waals surface area contributed by atoms with Gasteiger partial charge in [-0.15, -0.1) is 12.4 Å². The average molecular weight is 546 g/mol. The number of likely N-dealkylation sites (tertiary alicyclic amines) is 1. The van der Waals surface area contributed by atoms with E-state index in [1.165, 1.54) is 24.3 Å². The molecule has 2 aromatic rings. The van der Waals surface area contributed by atoms with Crippen molar-refractivity contribution in [3.63, 3.8) is 0 Å². The molecule has 1 N–H and O–H groups in total. The van der Waals surface area contributed by atoms with Gasteiger partial charge in [0.05, 0.1) is 23.7 Å². The zero-order valence-corrected chi connectivity index (χ0v) is 21.0. The first-order valence-corrected chi connectivity index (χ1v) is 11.7. The van der Waals surface area contributed by atoms with Crippen molar-refractivity contribution in [2.24, 2.45) is 5.92 Å². The number of rotatable bonds is 8. The van der Waals surface area contributed by atoms with Gasteiger partial charge in [-0.1, -0.05) is 6.07 Å². The average Bonchev–Trinajstić information content (AvgIpc) is 2.83. The first-order valence-electron chi connectivity index (χ1n) is 11.7. The zero-order valence-electron chi connectivity index (χ0n) is 20.1. The lowest BCUT2D eigenvalue weighted by Gasteiger charge is -2.32. The van der Waals surface area contributed by atoms with Crippen molar-refractivity contribution < 1.29 is 41.7 Å². The fraction of sp³-hybridized carbons (Fsp3) is 0.423. The summed E-state index contributed by atoms with van der Waals surface area (Å²) >= 11 is 0. The number of ether oxygens (including phenoxy) is 3. The third-order valence-electron chi connectivity index (χ3n) is 6.16. The molecule has 0 radical (unpaired) electrons. The quantitative estimate of drug-likeness (QED) is 0.422. The van der Waals surface area contributed by atoms with Crippen LogP contribution < -0.4 is 14.2 Å². The molecule has 4 rings (SSSR count). The Morgan fingerprint density at radius 3 is 2.70 bits per heavy atom.